The number of unbranched alkanes of at least 4 members (excludes halogenated alkanes) is 7. The smallest absolute Gasteiger partial charge is 0.330 e. The van der Waals surface area contributed by atoms with Gasteiger partial charge in [0.15, 0.2) is 0 Å². The van der Waals surface area contributed by atoms with Gasteiger partial charge in [-0.15, -0.1) is 0 Å². The second-order valence-electron chi connectivity index (χ2n) is 5.84. The molecular weight excluding hydrogens is 264 g/mol. The number of hydrogen-bond acceptors (Lipinski definition) is 3. The fourth-order valence-electron chi connectivity index (χ4n) is 2.33. The molecule has 3 heteroatoms. The van der Waals surface area contributed by atoms with Crippen molar-refractivity contribution in [3.8, 4) is 0 Å². The Bertz CT molecular complexity index is 274. The number of hydrogen-bond donors (Lipinski definition) is 1. The largest absolute Gasteiger partial charge is 0.463 e. The van der Waals surface area contributed by atoms with Gasteiger partial charge in [-0.2, -0.15) is 0 Å². The molecule has 0 bridgehead atoms. The van der Waals surface area contributed by atoms with Crippen molar-refractivity contribution >= 4 is 5.97 Å². The summed E-state index contributed by atoms with van der Waals surface area (Å²) >= 11 is 0. The highest BCUT2D eigenvalue weighted by Gasteiger charge is 2.11. The maximum atomic E-state index is 11.2. The molecule has 2 atom stereocenters. The van der Waals surface area contributed by atoms with Crippen LogP contribution in [0.4, 0.5) is 0 Å². The molecule has 0 aliphatic heterocycles. The first-order chi connectivity index (χ1) is 10.1. The zero-order valence-corrected chi connectivity index (χ0v) is 14.1. The highest BCUT2D eigenvalue weighted by atomic mass is 16.5. The Morgan fingerprint density at radius 3 is 2.19 bits per heavy atom. The van der Waals surface area contributed by atoms with Crippen LogP contribution in [-0.2, 0) is 9.53 Å². The van der Waals surface area contributed by atoms with E-state index in [-0.39, 0.29) is 11.9 Å². The van der Waals surface area contributed by atoms with Crippen molar-refractivity contribution in [2.24, 2.45) is 5.92 Å². The lowest BCUT2D eigenvalue weighted by molar-refractivity contribution is -0.137. The first kappa shape index (κ1) is 20.2. The molecule has 0 spiro atoms. The minimum Gasteiger partial charge on any atom is -0.463 e. The van der Waals surface area contributed by atoms with Crippen molar-refractivity contribution in [2.75, 3.05) is 6.61 Å². The van der Waals surface area contributed by atoms with E-state index < -0.39 is 6.10 Å². The highest BCUT2D eigenvalue weighted by Crippen LogP contribution is 2.16. The molecule has 0 saturated carbocycles. The van der Waals surface area contributed by atoms with Gasteiger partial charge in [-0.25, -0.2) is 4.79 Å². The first-order valence-electron chi connectivity index (χ1n) is 8.64. The molecule has 0 aliphatic carbocycles. The molecule has 1 N–H and O–H groups in total. The van der Waals surface area contributed by atoms with Crippen LogP contribution in [0, 0.1) is 5.92 Å². The average Bonchev–Trinajstić information content (AvgIpc) is 2.47. The van der Waals surface area contributed by atoms with Crippen molar-refractivity contribution in [3.63, 3.8) is 0 Å². The summed E-state index contributed by atoms with van der Waals surface area (Å²) in [5.74, 6) is -0.188. The summed E-state index contributed by atoms with van der Waals surface area (Å²) < 4.78 is 4.79. The summed E-state index contributed by atoms with van der Waals surface area (Å²) in [5, 5.41) is 9.94. The molecule has 0 aromatic heterocycles. The van der Waals surface area contributed by atoms with E-state index in [2.05, 4.69) is 6.92 Å². The molecule has 0 saturated heterocycles. The third kappa shape index (κ3) is 12.6. The van der Waals surface area contributed by atoms with Gasteiger partial charge >= 0.3 is 5.97 Å². The lowest BCUT2D eigenvalue weighted by Crippen LogP contribution is -2.15. The van der Waals surface area contributed by atoms with Crippen molar-refractivity contribution < 1.29 is 14.6 Å². The predicted molar refractivity (Wildman–Crippen MR) is 88.2 cm³/mol. The molecular formula is C18H34O3. The summed E-state index contributed by atoms with van der Waals surface area (Å²) in [6, 6.07) is 0. The molecule has 0 radical (unpaired) electrons. The highest BCUT2D eigenvalue weighted by molar-refractivity contribution is 5.81. The molecule has 0 aromatic rings. The van der Waals surface area contributed by atoms with Gasteiger partial charge in [-0.3, -0.25) is 0 Å². The van der Waals surface area contributed by atoms with E-state index in [9.17, 15) is 9.90 Å². The van der Waals surface area contributed by atoms with Gasteiger partial charge in [0.2, 0.25) is 0 Å². The summed E-state index contributed by atoms with van der Waals surface area (Å²) in [5.41, 5.74) is 0. The standard InChI is InChI=1S/C18H34O3/c1-4-6-7-8-9-10-11-12-13-16(3)17(19)14-15-18(20)21-5-2/h14-17,19H,4-13H2,1-3H3/b15-14+/t16-,17+/m0/s1. The maximum absolute atomic E-state index is 11.2. The SMILES string of the molecule is CCCCCCCCCC[C@H](C)[C@H](O)/C=C/C(=O)OCC. The van der Waals surface area contributed by atoms with Crippen LogP contribution in [0.2, 0.25) is 0 Å². The Morgan fingerprint density at radius 1 is 1.05 bits per heavy atom. The van der Waals surface area contributed by atoms with Gasteiger partial charge in [0.05, 0.1) is 12.7 Å². The molecule has 3 nitrogen and oxygen atoms in total. The maximum Gasteiger partial charge on any atom is 0.330 e. The average molecular weight is 298 g/mol. The van der Waals surface area contributed by atoms with Crippen LogP contribution >= 0.6 is 0 Å². The Labute approximate surface area is 130 Å². The van der Waals surface area contributed by atoms with Crippen LogP contribution in [-0.4, -0.2) is 23.8 Å². The minimum absolute atomic E-state index is 0.191. The third-order valence-corrected chi connectivity index (χ3v) is 3.81. The Kier molecular flexibility index (Phi) is 13.6. The molecule has 0 heterocycles. The first-order valence-corrected chi connectivity index (χ1v) is 8.64. The summed E-state index contributed by atoms with van der Waals surface area (Å²) in [6.45, 7) is 6.41. The quantitative estimate of drug-likeness (QED) is 0.306. The van der Waals surface area contributed by atoms with E-state index in [1.807, 2.05) is 6.92 Å². The van der Waals surface area contributed by atoms with Crippen LogP contribution in [0.5, 0.6) is 0 Å². The van der Waals surface area contributed by atoms with Crippen LogP contribution in [0.3, 0.4) is 0 Å². The normalized spacial score (nSPS) is 14.3. The Hall–Kier alpha value is -0.830. The number of ether oxygens (including phenoxy) is 1. The summed E-state index contributed by atoms with van der Waals surface area (Å²) in [4.78, 5) is 11.2. The molecule has 0 aliphatic rings. The van der Waals surface area contributed by atoms with E-state index in [4.69, 9.17) is 4.74 Å². The second kappa shape index (κ2) is 14.1. The van der Waals surface area contributed by atoms with Crippen molar-refractivity contribution in [3.05, 3.63) is 12.2 Å². The van der Waals surface area contributed by atoms with Gasteiger partial charge in [0.25, 0.3) is 0 Å². The van der Waals surface area contributed by atoms with E-state index in [0.29, 0.717) is 6.61 Å². The molecule has 0 fully saturated rings. The molecule has 124 valence electrons. The topological polar surface area (TPSA) is 46.5 Å². The van der Waals surface area contributed by atoms with Gasteiger partial charge in [-0.1, -0.05) is 65.2 Å². The number of rotatable bonds is 13. The number of aliphatic hydroxyl groups is 1. The van der Waals surface area contributed by atoms with Crippen LogP contribution in [0.15, 0.2) is 12.2 Å². The molecule has 0 aromatic carbocycles. The Morgan fingerprint density at radius 2 is 1.62 bits per heavy atom. The van der Waals surface area contributed by atoms with Crippen LogP contribution in [0.25, 0.3) is 0 Å². The second-order valence-corrected chi connectivity index (χ2v) is 5.84. The van der Waals surface area contributed by atoms with Crippen molar-refractivity contribution in [1.82, 2.24) is 0 Å². The minimum atomic E-state index is -0.557. The van der Waals surface area contributed by atoms with Gasteiger partial charge in [0, 0.05) is 6.08 Å². The lowest BCUT2D eigenvalue weighted by atomic mass is 9.96. The number of aliphatic hydroxyl groups excluding tert-OH is 1. The fraction of sp³-hybridized carbons (Fsp3) is 0.833. The third-order valence-electron chi connectivity index (χ3n) is 3.81. The van der Waals surface area contributed by atoms with Gasteiger partial charge in [0.1, 0.15) is 0 Å². The molecule has 0 amide bonds. The number of carbonyl (C=O) groups is 1. The monoisotopic (exact) mass is 298 g/mol. The van der Waals surface area contributed by atoms with E-state index in [1.54, 1.807) is 13.0 Å². The zero-order valence-electron chi connectivity index (χ0n) is 14.1. The summed E-state index contributed by atoms with van der Waals surface area (Å²) in [6.07, 6.45) is 13.7. The van der Waals surface area contributed by atoms with Crippen LogP contribution in [0.1, 0.15) is 78.6 Å². The molecule has 0 unspecified atom stereocenters. The van der Waals surface area contributed by atoms with Gasteiger partial charge in [-0.05, 0) is 25.3 Å². The fourth-order valence-corrected chi connectivity index (χ4v) is 2.33. The zero-order chi connectivity index (χ0) is 15.9. The van der Waals surface area contributed by atoms with Crippen LogP contribution < -0.4 is 0 Å². The lowest BCUT2D eigenvalue weighted by Gasteiger charge is -2.15. The molecule has 21 heavy (non-hydrogen) atoms. The number of carbonyl (C=O) groups excluding carboxylic acids is 1. The van der Waals surface area contributed by atoms with E-state index in [0.717, 1.165) is 12.8 Å². The van der Waals surface area contributed by atoms with E-state index >= 15 is 0 Å². The van der Waals surface area contributed by atoms with Gasteiger partial charge < -0.3 is 9.84 Å². The Balaban J connectivity index is 3.59. The van der Waals surface area contributed by atoms with E-state index in [1.165, 1.54) is 51.0 Å². The number of esters is 1. The molecule has 0 rings (SSSR count). The van der Waals surface area contributed by atoms with Crippen molar-refractivity contribution in [2.45, 2.75) is 84.7 Å². The summed E-state index contributed by atoms with van der Waals surface area (Å²) in [7, 11) is 0. The predicted octanol–water partition coefficient (Wildman–Crippen LogP) is 4.63. The van der Waals surface area contributed by atoms with Crippen molar-refractivity contribution in [1.29, 1.82) is 0 Å².